The average Bonchev–Trinajstić information content (AvgIpc) is 2.17. The predicted octanol–water partition coefficient (Wildman–Crippen LogP) is 3.65. The smallest absolute Gasteiger partial charge is 0.416 e. The first-order valence-electron chi connectivity index (χ1n) is 5.27. The van der Waals surface area contributed by atoms with Gasteiger partial charge in [-0.15, -0.1) is 0 Å². The summed E-state index contributed by atoms with van der Waals surface area (Å²) in [7, 11) is 1.30. The molecule has 18 heavy (non-hydrogen) atoms. The lowest BCUT2D eigenvalue weighted by Gasteiger charge is -2.22. The standard InChI is InChI=1S/C12H15ClF3NO/c1-11(2,17)6-8-9(13)4-7(12(14,15)16)5-10(8)18-3/h4-5H,6,17H2,1-3H3. The molecular weight excluding hydrogens is 267 g/mol. The maximum atomic E-state index is 12.6. The molecule has 1 aromatic rings. The van der Waals surface area contributed by atoms with Crippen LogP contribution in [0.2, 0.25) is 5.02 Å². The molecule has 0 bridgehead atoms. The Kier molecular flexibility index (Phi) is 4.18. The summed E-state index contributed by atoms with van der Waals surface area (Å²) >= 11 is 5.89. The zero-order valence-corrected chi connectivity index (χ0v) is 11.1. The molecule has 2 nitrogen and oxygen atoms in total. The molecule has 0 saturated carbocycles. The quantitative estimate of drug-likeness (QED) is 0.918. The molecule has 0 atom stereocenters. The van der Waals surface area contributed by atoms with Crippen LogP contribution in [0.5, 0.6) is 5.75 Å². The molecule has 0 spiro atoms. The molecule has 0 saturated heterocycles. The summed E-state index contributed by atoms with van der Waals surface area (Å²) in [5.41, 5.74) is 4.92. The molecule has 1 aromatic carbocycles. The molecule has 0 aliphatic heterocycles. The molecule has 6 heteroatoms. The number of halogens is 4. The highest BCUT2D eigenvalue weighted by Crippen LogP contribution is 2.38. The fourth-order valence-electron chi connectivity index (χ4n) is 1.58. The SMILES string of the molecule is COc1cc(C(F)(F)F)cc(Cl)c1CC(C)(C)N. The van der Waals surface area contributed by atoms with Gasteiger partial charge in [0.15, 0.2) is 0 Å². The summed E-state index contributed by atoms with van der Waals surface area (Å²) in [6.45, 7) is 3.53. The fraction of sp³-hybridized carbons (Fsp3) is 0.500. The van der Waals surface area contributed by atoms with Gasteiger partial charge < -0.3 is 10.5 Å². The van der Waals surface area contributed by atoms with E-state index in [2.05, 4.69) is 0 Å². The third kappa shape index (κ3) is 3.78. The van der Waals surface area contributed by atoms with Crippen molar-refractivity contribution in [3.63, 3.8) is 0 Å². The summed E-state index contributed by atoms with van der Waals surface area (Å²) in [6, 6.07) is 1.83. The van der Waals surface area contributed by atoms with E-state index in [1.54, 1.807) is 13.8 Å². The Morgan fingerprint density at radius 3 is 2.22 bits per heavy atom. The Balaban J connectivity index is 3.29. The minimum absolute atomic E-state index is 0.0141. The maximum absolute atomic E-state index is 12.6. The second-order valence-corrected chi connectivity index (χ2v) is 5.21. The Labute approximate surface area is 109 Å². The molecule has 0 amide bonds. The number of nitrogens with two attached hydrogens (primary N) is 1. The van der Waals surface area contributed by atoms with Crippen molar-refractivity contribution in [2.45, 2.75) is 32.0 Å². The van der Waals surface area contributed by atoms with Crippen molar-refractivity contribution in [3.8, 4) is 5.75 Å². The van der Waals surface area contributed by atoms with Crippen molar-refractivity contribution in [2.75, 3.05) is 7.11 Å². The molecule has 0 fully saturated rings. The first-order chi connectivity index (χ1) is 8.04. The number of ether oxygens (including phenoxy) is 1. The largest absolute Gasteiger partial charge is 0.496 e. The normalized spacial score (nSPS) is 12.7. The van der Waals surface area contributed by atoms with E-state index >= 15 is 0 Å². The highest BCUT2D eigenvalue weighted by atomic mass is 35.5. The van der Waals surface area contributed by atoms with Crippen LogP contribution >= 0.6 is 11.6 Å². The number of benzene rings is 1. The topological polar surface area (TPSA) is 35.2 Å². The number of alkyl halides is 3. The van der Waals surface area contributed by atoms with Gasteiger partial charge in [-0.2, -0.15) is 13.2 Å². The molecule has 0 heterocycles. The lowest BCUT2D eigenvalue weighted by molar-refractivity contribution is -0.137. The van der Waals surface area contributed by atoms with Crippen LogP contribution in [0.4, 0.5) is 13.2 Å². The Hall–Kier alpha value is -0.940. The highest BCUT2D eigenvalue weighted by molar-refractivity contribution is 6.31. The van der Waals surface area contributed by atoms with Crippen LogP contribution in [0.3, 0.4) is 0 Å². The van der Waals surface area contributed by atoms with Gasteiger partial charge in [-0.3, -0.25) is 0 Å². The molecule has 2 N–H and O–H groups in total. The first kappa shape index (κ1) is 15.1. The summed E-state index contributed by atoms with van der Waals surface area (Å²) in [4.78, 5) is 0. The van der Waals surface area contributed by atoms with Crippen LogP contribution in [-0.2, 0) is 12.6 Å². The summed E-state index contributed by atoms with van der Waals surface area (Å²) < 4.78 is 42.8. The third-order valence-electron chi connectivity index (χ3n) is 2.33. The van der Waals surface area contributed by atoms with Gasteiger partial charge in [0.25, 0.3) is 0 Å². The van der Waals surface area contributed by atoms with Gasteiger partial charge in [-0.25, -0.2) is 0 Å². The van der Waals surface area contributed by atoms with E-state index in [4.69, 9.17) is 22.1 Å². The van der Waals surface area contributed by atoms with Crippen molar-refractivity contribution in [2.24, 2.45) is 5.73 Å². The van der Waals surface area contributed by atoms with Gasteiger partial charge in [0, 0.05) is 16.1 Å². The molecule has 1 rings (SSSR count). The van der Waals surface area contributed by atoms with E-state index < -0.39 is 17.3 Å². The summed E-state index contributed by atoms with van der Waals surface area (Å²) in [6.07, 6.45) is -4.12. The lowest BCUT2D eigenvalue weighted by atomic mass is 9.94. The van der Waals surface area contributed by atoms with Crippen LogP contribution < -0.4 is 10.5 Å². The van der Waals surface area contributed by atoms with Gasteiger partial charge in [-0.05, 0) is 32.4 Å². The Morgan fingerprint density at radius 1 is 1.28 bits per heavy atom. The first-order valence-corrected chi connectivity index (χ1v) is 5.65. The van der Waals surface area contributed by atoms with Crippen molar-refractivity contribution in [1.82, 2.24) is 0 Å². The number of hydrogen-bond donors (Lipinski definition) is 1. The summed E-state index contributed by atoms with van der Waals surface area (Å²) in [5.74, 6) is 0.105. The van der Waals surface area contributed by atoms with E-state index in [-0.39, 0.29) is 10.8 Å². The van der Waals surface area contributed by atoms with E-state index in [0.717, 1.165) is 12.1 Å². The maximum Gasteiger partial charge on any atom is 0.416 e. The molecule has 0 unspecified atom stereocenters. The second kappa shape index (κ2) is 4.97. The van der Waals surface area contributed by atoms with Gasteiger partial charge in [0.2, 0.25) is 0 Å². The minimum Gasteiger partial charge on any atom is -0.496 e. The van der Waals surface area contributed by atoms with Gasteiger partial charge >= 0.3 is 6.18 Å². The number of rotatable bonds is 3. The molecule has 0 aromatic heterocycles. The lowest BCUT2D eigenvalue weighted by Crippen LogP contribution is -2.34. The molecular formula is C12H15ClF3NO. The van der Waals surface area contributed by atoms with E-state index in [9.17, 15) is 13.2 Å². The molecule has 0 aliphatic rings. The van der Waals surface area contributed by atoms with Gasteiger partial charge in [0.05, 0.1) is 12.7 Å². The fourth-order valence-corrected chi connectivity index (χ4v) is 1.86. The van der Waals surface area contributed by atoms with Gasteiger partial charge in [-0.1, -0.05) is 11.6 Å². The zero-order chi connectivity index (χ0) is 14.1. The van der Waals surface area contributed by atoms with Crippen LogP contribution in [-0.4, -0.2) is 12.6 Å². The zero-order valence-electron chi connectivity index (χ0n) is 10.4. The number of methoxy groups -OCH3 is 1. The van der Waals surface area contributed by atoms with E-state index in [1.165, 1.54) is 7.11 Å². The highest BCUT2D eigenvalue weighted by Gasteiger charge is 2.32. The number of hydrogen-bond acceptors (Lipinski definition) is 2. The van der Waals surface area contributed by atoms with Crippen LogP contribution in [0, 0.1) is 0 Å². The van der Waals surface area contributed by atoms with E-state index in [1.807, 2.05) is 0 Å². The molecule has 102 valence electrons. The van der Waals surface area contributed by atoms with Crippen molar-refractivity contribution in [3.05, 3.63) is 28.3 Å². The van der Waals surface area contributed by atoms with Crippen molar-refractivity contribution >= 4 is 11.6 Å². The molecule has 0 aliphatic carbocycles. The van der Waals surface area contributed by atoms with E-state index in [0.29, 0.717) is 12.0 Å². The third-order valence-corrected chi connectivity index (χ3v) is 2.67. The minimum atomic E-state index is -4.45. The Morgan fingerprint density at radius 2 is 1.83 bits per heavy atom. The van der Waals surface area contributed by atoms with Crippen LogP contribution in [0.25, 0.3) is 0 Å². The van der Waals surface area contributed by atoms with Crippen LogP contribution in [0.15, 0.2) is 12.1 Å². The predicted molar refractivity (Wildman–Crippen MR) is 65.0 cm³/mol. The Bertz CT molecular complexity index is 438. The van der Waals surface area contributed by atoms with Crippen molar-refractivity contribution < 1.29 is 17.9 Å². The second-order valence-electron chi connectivity index (χ2n) is 4.80. The van der Waals surface area contributed by atoms with Gasteiger partial charge in [0.1, 0.15) is 5.75 Å². The monoisotopic (exact) mass is 281 g/mol. The molecule has 0 radical (unpaired) electrons. The summed E-state index contributed by atoms with van der Waals surface area (Å²) in [5, 5.41) is 0.0141. The van der Waals surface area contributed by atoms with Crippen LogP contribution in [0.1, 0.15) is 25.0 Å². The average molecular weight is 282 g/mol. The van der Waals surface area contributed by atoms with Crippen molar-refractivity contribution in [1.29, 1.82) is 0 Å².